The molecular formula is C19H29Cl5O4. The third kappa shape index (κ3) is 6.26. The fourth-order valence-corrected chi connectivity index (χ4v) is 5.87. The normalized spacial score (nSPS) is 41.8. The van der Waals surface area contributed by atoms with Gasteiger partial charge in [-0.05, 0) is 25.7 Å². The summed E-state index contributed by atoms with van der Waals surface area (Å²) < 4.78 is 17.4. The van der Waals surface area contributed by atoms with Gasteiger partial charge in [0.15, 0.2) is 0 Å². The summed E-state index contributed by atoms with van der Waals surface area (Å²) in [5.41, 5.74) is 0. The van der Waals surface area contributed by atoms with Crippen molar-refractivity contribution >= 4 is 63.8 Å². The maximum Gasteiger partial charge on any atom is 0.135 e. The van der Waals surface area contributed by atoms with E-state index in [9.17, 15) is 4.79 Å². The molecule has 0 aromatic heterocycles. The van der Waals surface area contributed by atoms with Crippen LogP contribution in [0, 0.1) is 5.92 Å². The largest absolute Gasteiger partial charge is 0.379 e. The summed E-state index contributed by atoms with van der Waals surface area (Å²) in [5.74, 6) is 0.368. The SMILES string of the molecule is CCC(=O)C1CCC(OC)C(OCCCOC2C(Cl)C(Cl)C(Cl)C(Cl)C2Cl)C1. The average molecular weight is 499 g/mol. The number of ketones is 1. The second-order valence-electron chi connectivity index (χ2n) is 7.42. The molecule has 4 nitrogen and oxygen atoms in total. The first kappa shape index (κ1) is 25.3. The second-order valence-corrected chi connectivity index (χ2v) is 9.94. The van der Waals surface area contributed by atoms with Crippen LogP contribution in [0.4, 0.5) is 0 Å². The van der Waals surface area contributed by atoms with Crippen molar-refractivity contribution in [1.29, 1.82) is 0 Å². The molecule has 0 N–H and O–H groups in total. The summed E-state index contributed by atoms with van der Waals surface area (Å²) in [5, 5.41) is -2.56. The Hall–Kier alpha value is 1.00. The summed E-state index contributed by atoms with van der Waals surface area (Å²) >= 11 is 31.4. The number of alkyl halides is 5. The predicted molar refractivity (Wildman–Crippen MR) is 116 cm³/mol. The van der Waals surface area contributed by atoms with E-state index in [1.165, 1.54) is 0 Å². The Morgan fingerprint density at radius 3 is 2.00 bits per heavy atom. The van der Waals surface area contributed by atoms with Crippen molar-refractivity contribution < 1.29 is 19.0 Å². The van der Waals surface area contributed by atoms with Gasteiger partial charge in [0.2, 0.25) is 0 Å². The van der Waals surface area contributed by atoms with E-state index in [-0.39, 0.29) is 18.1 Å². The molecular weight excluding hydrogens is 469 g/mol. The maximum absolute atomic E-state index is 12.0. The average Bonchev–Trinajstić information content (AvgIpc) is 2.71. The lowest BCUT2D eigenvalue weighted by molar-refractivity contribution is -0.131. The molecule has 0 aromatic carbocycles. The highest BCUT2D eigenvalue weighted by atomic mass is 35.5. The molecule has 2 fully saturated rings. The van der Waals surface area contributed by atoms with Crippen LogP contribution in [0.5, 0.6) is 0 Å². The molecule has 0 saturated heterocycles. The van der Waals surface area contributed by atoms with Gasteiger partial charge in [-0.3, -0.25) is 4.79 Å². The van der Waals surface area contributed by atoms with Crippen LogP contribution in [0.25, 0.3) is 0 Å². The van der Waals surface area contributed by atoms with E-state index in [0.29, 0.717) is 38.3 Å². The summed E-state index contributed by atoms with van der Waals surface area (Å²) in [7, 11) is 1.69. The maximum atomic E-state index is 12.0. The lowest BCUT2D eigenvalue weighted by Crippen LogP contribution is -2.55. The highest BCUT2D eigenvalue weighted by Crippen LogP contribution is 2.39. The molecule has 0 radical (unpaired) electrons. The molecule has 2 saturated carbocycles. The summed E-state index contributed by atoms with van der Waals surface area (Å²) in [6.07, 6.45) is 3.11. The van der Waals surface area contributed by atoms with Gasteiger partial charge in [0.1, 0.15) is 5.78 Å². The molecule has 2 aliphatic carbocycles. The minimum atomic E-state index is -0.514. The highest BCUT2D eigenvalue weighted by Gasteiger charge is 2.48. The number of carbonyl (C=O) groups excluding carboxylic acids is 1. The smallest absolute Gasteiger partial charge is 0.135 e. The van der Waals surface area contributed by atoms with E-state index in [2.05, 4.69) is 0 Å². The zero-order valence-electron chi connectivity index (χ0n) is 16.2. The van der Waals surface area contributed by atoms with Crippen molar-refractivity contribution in [1.82, 2.24) is 0 Å². The van der Waals surface area contributed by atoms with E-state index in [1.807, 2.05) is 6.92 Å². The Morgan fingerprint density at radius 1 is 0.857 bits per heavy atom. The Morgan fingerprint density at radius 2 is 1.43 bits per heavy atom. The Labute approximate surface area is 192 Å². The van der Waals surface area contributed by atoms with Crippen LogP contribution in [-0.4, -0.2) is 71.3 Å². The molecule has 0 heterocycles. The van der Waals surface area contributed by atoms with Crippen LogP contribution in [-0.2, 0) is 19.0 Å². The standard InChI is InChI=1S/C19H29Cl5O4/c1-3-11(25)10-5-6-12(26-2)13(9-10)27-7-4-8-28-19-17(23)15(21)14(20)16(22)18(19)24/h10,12-19H,3-9H2,1-2H3. The van der Waals surface area contributed by atoms with Crippen LogP contribution in [0.2, 0.25) is 0 Å². The molecule has 7 unspecified atom stereocenters. The van der Waals surface area contributed by atoms with E-state index >= 15 is 0 Å². The van der Waals surface area contributed by atoms with Gasteiger partial charge in [0.25, 0.3) is 0 Å². The van der Waals surface area contributed by atoms with Gasteiger partial charge in [-0.2, -0.15) is 0 Å². The molecule has 164 valence electrons. The van der Waals surface area contributed by atoms with Gasteiger partial charge in [0.05, 0.1) is 45.2 Å². The van der Waals surface area contributed by atoms with Crippen molar-refractivity contribution in [2.24, 2.45) is 5.92 Å². The number of methoxy groups -OCH3 is 1. The number of halogens is 5. The van der Waals surface area contributed by atoms with E-state index in [0.717, 1.165) is 12.8 Å². The number of hydrogen-bond acceptors (Lipinski definition) is 4. The fraction of sp³-hybridized carbons (Fsp3) is 0.947. The second kappa shape index (κ2) is 12.1. The van der Waals surface area contributed by atoms with Crippen LogP contribution in [0.1, 0.15) is 39.0 Å². The van der Waals surface area contributed by atoms with Crippen LogP contribution >= 0.6 is 58.0 Å². The van der Waals surface area contributed by atoms with Crippen LogP contribution in [0.3, 0.4) is 0 Å². The van der Waals surface area contributed by atoms with Crippen molar-refractivity contribution in [2.75, 3.05) is 20.3 Å². The van der Waals surface area contributed by atoms with Gasteiger partial charge >= 0.3 is 0 Å². The lowest BCUT2D eigenvalue weighted by atomic mass is 9.82. The van der Waals surface area contributed by atoms with Crippen molar-refractivity contribution in [3.05, 3.63) is 0 Å². The molecule has 0 aliphatic heterocycles. The number of Topliss-reactive ketones (excluding diaryl/α,β-unsaturated/α-hetero) is 1. The first-order chi connectivity index (χ1) is 13.3. The fourth-order valence-electron chi connectivity index (χ4n) is 3.89. The monoisotopic (exact) mass is 496 g/mol. The Kier molecular flexibility index (Phi) is 11.0. The third-order valence-corrected chi connectivity index (χ3v) is 8.80. The van der Waals surface area contributed by atoms with Gasteiger partial charge < -0.3 is 14.2 Å². The van der Waals surface area contributed by atoms with Crippen LogP contribution in [0.15, 0.2) is 0 Å². The zero-order chi connectivity index (χ0) is 20.8. The van der Waals surface area contributed by atoms with Crippen molar-refractivity contribution in [3.63, 3.8) is 0 Å². The first-order valence-electron chi connectivity index (χ1n) is 9.80. The van der Waals surface area contributed by atoms with Crippen LogP contribution < -0.4 is 0 Å². The lowest BCUT2D eigenvalue weighted by Gasteiger charge is -2.40. The minimum Gasteiger partial charge on any atom is -0.379 e. The molecule has 2 rings (SSSR count). The quantitative estimate of drug-likeness (QED) is 0.332. The van der Waals surface area contributed by atoms with Gasteiger partial charge in [-0.25, -0.2) is 0 Å². The van der Waals surface area contributed by atoms with E-state index < -0.39 is 33.0 Å². The zero-order valence-corrected chi connectivity index (χ0v) is 19.9. The molecule has 2 aliphatic rings. The summed E-state index contributed by atoms with van der Waals surface area (Å²) in [6.45, 7) is 2.82. The molecule has 0 spiro atoms. The predicted octanol–water partition coefficient (Wildman–Crippen LogP) is 4.99. The van der Waals surface area contributed by atoms with Gasteiger partial charge in [-0.1, -0.05) is 6.92 Å². The number of rotatable bonds is 9. The molecule has 0 amide bonds. The molecule has 28 heavy (non-hydrogen) atoms. The topological polar surface area (TPSA) is 44.8 Å². The summed E-state index contributed by atoms with van der Waals surface area (Å²) in [6, 6.07) is 0. The van der Waals surface area contributed by atoms with E-state index in [4.69, 9.17) is 72.2 Å². The molecule has 9 heteroatoms. The molecule has 7 atom stereocenters. The van der Waals surface area contributed by atoms with Crippen molar-refractivity contribution in [2.45, 2.75) is 84.2 Å². The number of ether oxygens (including phenoxy) is 3. The number of hydrogen-bond donors (Lipinski definition) is 0. The number of carbonyl (C=O) groups is 1. The third-order valence-electron chi connectivity index (χ3n) is 5.61. The Balaban J connectivity index is 1.76. The Bertz CT molecular complexity index is 481. The van der Waals surface area contributed by atoms with Gasteiger partial charge in [0, 0.05) is 32.7 Å². The van der Waals surface area contributed by atoms with Crippen molar-refractivity contribution in [3.8, 4) is 0 Å². The first-order valence-corrected chi connectivity index (χ1v) is 12.0. The highest BCUT2D eigenvalue weighted by molar-refractivity contribution is 6.41. The van der Waals surface area contributed by atoms with E-state index in [1.54, 1.807) is 7.11 Å². The minimum absolute atomic E-state index is 0.0225. The van der Waals surface area contributed by atoms with Gasteiger partial charge in [-0.15, -0.1) is 58.0 Å². The molecule has 0 aromatic rings. The molecule has 0 bridgehead atoms. The summed E-state index contributed by atoms with van der Waals surface area (Å²) in [4.78, 5) is 12.0.